The van der Waals surface area contributed by atoms with Crippen molar-refractivity contribution in [2.24, 2.45) is 0 Å². The molecule has 72 valence electrons. The van der Waals surface area contributed by atoms with Crippen LogP contribution in [-0.2, 0) is 4.74 Å². The molecular formula is C10H9ClN2O. The molecule has 1 heterocycles. The lowest BCUT2D eigenvalue weighted by Crippen LogP contribution is -2.54. The second kappa shape index (κ2) is 3.49. The van der Waals surface area contributed by atoms with Crippen LogP contribution < -0.4 is 5.32 Å². The SMILES string of the molecule is N#CC1(Nc2ccccc2Cl)COC1. The van der Waals surface area contributed by atoms with Crippen molar-refractivity contribution in [3.63, 3.8) is 0 Å². The summed E-state index contributed by atoms with van der Waals surface area (Å²) in [5.74, 6) is 0. The topological polar surface area (TPSA) is 45.0 Å². The van der Waals surface area contributed by atoms with Crippen LogP contribution in [-0.4, -0.2) is 18.8 Å². The summed E-state index contributed by atoms with van der Waals surface area (Å²) in [6.07, 6.45) is 0. The molecular weight excluding hydrogens is 200 g/mol. The molecule has 0 spiro atoms. The van der Waals surface area contributed by atoms with Crippen molar-refractivity contribution in [2.75, 3.05) is 18.5 Å². The summed E-state index contributed by atoms with van der Waals surface area (Å²) in [4.78, 5) is 0. The van der Waals surface area contributed by atoms with Crippen LogP contribution in [0.15, 0.2) is 24.3 Å². The Kier molecular flexibility index (Phi) is 2.32. The van der Waals surface area contributed by atoms with Gasteiger partial charge in [0.15, 0.2) is 5.54 Å². The molecule has 3 nitrogen and oxygen atoms in total. The van der Waals surface area contributed by atoms with Gasteiger partial charge >= 0.3 is 0 Å². The lowest BCUT2D eigenvalue weighted by Gasteiger charge is -2.36. The van der Waals surface area contributed by atoms with Crippen LogP contribution in [0.2, 0.25) is 5.02 Å². The second-order valence-corrected chi connectivity index (χ2v) is 3.70. The predicted molar refractivity (Wildman–Crippen MR) is 54.2 cm³/mol. The zero-order valence-corrected chi connectivity index (χ0v) is 8.21. The summed E-state index contributed by atoms with van der Waals surface area (Å²) in [7, 11) is 0. The second-order valence-electron chi connectivity index (χ2n) is 3.29. The van der Waals surface area contributed by atoms with Gasteiger partial charge in [0.25, 0.3) is 0 Å². The van der Waals surface area contributed by atoms with Gasteiger partial charge in [-0.25, -0.2) is 0 Å². The Labute approximate surface area is 87.2 Å². The molecule has 1 saturated heterocycles. The van der Waals surface area contributed by atoms with E-state index >= 15 is 0 Å². The zero-order valence-electron chi connectivity index (χ0n) is 7.46. The van der Waals surface area contributed by atoms with Gasteiger partial charge in [0.05, 0.1) is 30.0 Å². The molecule has 0 amide bonds. The van der Waals surface area contributed by atoms with Crippen LogP contribution in [0.3, 0.4) is 0 Å². The Balaban J connectivity index is 2.19. The van der Waals surface area contributed by atoms with Gasteiger partial charge < -0.3 is 10.1 Å². The smallest absolute Gasteiger partial charge is 0.172 e. The minimum Gasteiger partial charge on any atom is -0.374 e. The molecule has 4 heteroatoms. The maximum atomic E-state index is 8.95. The monoisotopic (exact) mass is 208 g/mol. The van der Waals surface area contributed by atoms with Crippen LogP contribution in [0.1, 0.15) is 0 Å². The highest BCUT2D eigenvalue weighted by molar-refractivity contribution is 6.33. The molecule has 1 aromatic carbocycles. The van der Waals surface area contributed by atoms with Crippen molar-refractivity contribution in [1.29, 1.82) is 5.26 Å². The van der Waals surface area contributed by atoms with Crippen LogP contribution >= 0.6 is 11.6 Å². The van der Waals surface area contributed by atoms with Gasteiger partial charge in [-0.3, -0.25) is 0 Å². The summed E-state index contributed by atoms with van der Waals surface area (Å²) in [5, 5.41) is 12.7. The molecule has 0 atom stereocenters. The third kappa shape index (κ3) is 1.54. The number of rotatable bonds is 2. The summed E-state index contributed by atoms with van der Waals surface area (Å²) < 4.78 is 5.01. The third-order valence-corrected chi connectivity index (χ3v) is 2.49. The Bertz CT molecular complexity index is 382. The van der Waals surface area contributed by atoms with E-state index in [0.717, 1.165) is 5.69 Å². The van der Waals surface area contributed by atoms with Gasteiger partial charge in [-0.05, 0) is 12.1 Å². The van der Waals surface area contributed by atoms with Gasteiger partial charge in [0.2, 0.25) is 0 Å². The zero-order chi connectivity index (χ0) is 10.0. The van der Waals surface area contributed by atoms with Gasteiger partial charge in [-0.2, -0.15) is 5.26 Å². The third-order valence-electron chi connectivity index (χ3n) is 2.16. The first-order valence-corrected chi connectivity index (χ1v) is 4.65. The first-order valence-electron chi connectivity index (χ1n) is 4.27. The van der Waals surface area contributed by atoms with Gasteiger partial charge in [0, 0.05) is 0 Å². The standard InChI is InChI=1S/C10H9ClN2O/c11-8-3-1-2-4-9(8)13-10(5-12)6-14-7-10/h1-4,13H,6-7H2. The fraction of sp³-hybridized carbons (Fsp3) is 0.300. The van der Waals surface area contributed by atoms with Crippen molar-refractivity contribution in [1.82, 2.24) is 0 Å². The van der Waals surface area contributed by atoms with Crippen LogP contribution in [0.25, 0.3) is 0 Å². The number of ether oxygens (including phenoxy) is 1. The number of benzene rings is 1. The Hall–Kier alpha value is -1.24. The molecule has 1 N–H and O–H groups in total. The van der Waals surface area contributed by atoms with Crippen LogP contribution in [0.4, 0.5) is 5.69 Å². The van der Waals surface area contributed by atoms with E-state index in [4.69, 9.17) is 21.6 Å². The molecule has 0 unspecified atom stereocenters. The van der Waals surface area contributed by atoms with E-state index in [-0.39, 0.29) is 0 Å². The van der Waals surface area contributed by atoms with Gasteiger partial charge in [-0.1, -0.05) is 23.7 Å². The lowest BCUT2D eigenvalue weighted by atomic mass is 9.99. The number of nitrogens with zero attached hydrogens (tertiary/aromatic N) is 1. The van der Waals surface area contributed by atoms with Crippen molar-refractivity contribution in [3.8, 4) is 6.07 Å². The number of hydrogen-bond donors (Lipinski definition) is 1. The van der Waals surface area contributed by atoms with Crippen molar-refractivity contribution in [3.05, 3.63) is 29.3 Å². The van der Waals surface area contributed by atoms with Crippen molar-refractivity contribution in [2.45, 2.75) is 5.54 Å². The number of nitrogens with one attached hydrogen (secondary N) is 1. The lowest BCUT2D eigenvalue weighted by molar-refractivity contribution is -0.0132. The molecule has 0 aliphatic carbocycles. The van der Waals surface area contributed by atoms with E-state index in [0.29, 0.717) is 18.2 Å². The maximum Gasteiger partial charge on any atom is 0.172 e. The van der Waals surface area contributed by atoms with E-state index in [1.807, 2.05) is 18.2 Å². The Morgan fingerprint density at radius 2 is 2.14 bits per heavy atom. The maximum absolute atomic E-state index is 8.95. The highest BCUT2D eigenvalue weighted by atomic mass is 35.5. The first kappa shape index (κ1) is 9.32. The molecule has 1 aliphatic heterocycles. The molecule has 0 bridgehead atoms. The quantitative estimate of drug-likeness (QED) is 0.809. The fourth-order valence-corrected chi connectivity index (χ4v) is 1.47. The molecule has 2 rings (SSSR count). The Morgan fingerprint density at radius 1 is 1.43 bits per heavy atom. The predicted octanol–water partition coefficient (Wildman–Crippen LogP) is 2.04. The number of halogens is 1. The highest BCUT2D eigenvalue weighted by Crippen LogP contribution is 2.27. The van der Waals surface area contributed by atoms with Crippen molar-refractivity contribution >= 4 is 17.3 Å². The Morgan fingerprint density at radius 3 is 2.64 bits per heavy atom. The molecule has 0 radical (unpaired) electrons. The number of nitriles is 1. The van der Waals surface area contributed by atoms with E-state index in [2.05, 4.69) is 11.4 Å². The highest BCUT2D eigenvalue weighted by Gasteiger charge is 2.39. The van der Waals surface area contributed by atoms with Gasteiger partial charge in [-0.15, -0.1) is 0 Å². The molecule has 1 aliphatic rings. The number of anilines is 1. The fourth-order valence-electron chi connectivity index (χ4n) is 1.29. The summed E-state index contributed by atoms with van der Waals surface area (Å²) in [5.41, 5.74) is 0.185. The number of para-hydroxylation sites is 1. The average molecular weight is 209 g/mol. The van der Waals surface area contributed by atoms with E-state index < -0.39 is 5.54 Å². The largest absolute Gasteiger partial charge is 0.374 e. The van der Waals surface area contributed by atoms with Gasteiger partial charge in [0.1, 0.15) is 0 Å². The molecule has 1 fully saturated rings. The van der Waals surface area contributed by atoms with Crippen molar-refractivity contribution < 1.29 is 4.74 Å². The average Bonchev–Trinajstić information content (AvgIpc) is 2.14. The summed E-state index contributed by atoms with van der Waals surface area (Å²) in [6.45, 7) is 0.823. The number of hydrogen-bond acceptors (Lipinski definition) is 3. The van der Waals surface area contributed by atoms with E-state index in [9.17, 15) is 0 Å². The summed E-state index contributed by atoms with van der Waals surface area (Å²) in [6, 6.07) is 9.55. The summed E-state index contributed by atoms with van der Waals surface area (Å²) >= 11 is 5.96. The normalized spacial score (nSPS) is 18.0. The first-order chi connectivity index (χ1) is 6.76. The molecule has 14 heavy (non-hydrogen) atoms. The van der Waals surface area contributed by atoms with E-state index in [1.54, 1.807) is 6.07 Å². The molecule has 0 saturated carbocycles. The molecule has 0 aromatic heterocycles. The minimum atomic E-state index is -0.592. The molecule has 1 aromatic rings. The van der Waals surface area contributed by atoms with E-state index in [1.165, 1.54) is 0 Å². The minimum absolute atomic E-state index is 0.411. The van der Waals surface area contributed by atoms with Crippen LogP contribution in [0, 0.1) is 11.3 Å². The van der Waals surface area contributed by atoms with Crippen LogP contribution in [0.5, 0.6) is 0 Å².